The third-order valence-corrected chi connectivity index (χ3v) is 10.3. The fourth-order valence-corrected chi connectivity index (χ4v) is 6.95. The van der Waals surface area contributed by atoms with Gasteiger partial charge in [0.1, 0.15) is 0 Å². The second-order valence-electron chi connectivity index (χ2n) is 14.2. The van der Waals surface area contributed by atoms with Gasteiger partial charge in [0, 0.05) is 13.0 Å². The van der Waals surface area contributed by atoms with Crippen molar-refractivity contribution in [3.8, 4) is 0 Å². The van der Waals surface area contributed by atoms with Crippen molar-refractivity contribution in [2.45, 2.75) is 219 Å². The van der Waals surface area contributed by atoms with Gasteiger partial charge in [-0.15, -0.1) is 0 Å². The lowest BCUT2D eigenvalue weighted by atomic mass is 10.0. The van der Waals surface area contributed by atoms with Crippen LogP contribution < -0.4 is 11.1 Å². The highest BCUT2D eigenvalue weighted by atomic mass is 31.2. The van der Waals surface area contributed by atoms with Crippen LogP contribution in [0.4, 0.5) is 0 Å². The monoisotopic (exact) mass is 717 g/mol. The summed E-state index contributed by atoms with van der Waals surface area (Å²) in [6.07, 6.45) is 40.0. The first-order valence-electron chi connectivity index (χ1n) is 20.8. The van der Waals surface area contributed by atoms with Gasteiger partial charge in [-0.2, -0.15) is 0 Å². The molecule has 9 heteroatoms. The van der Waals surface area contributed by atoms with Crippen molar-refractivity contribution in [3.05, 3.63) is 12.2 Å². The van der Waals surface area contributed by atoms with E-state index in [2.05, 4.69) is 19.2 Å². The summed E-state index contributed by atoms with van der Waals surface area (Å²) in [5, 5.41) is 13.5. The van der Waals surface area contributed by atoms with Crippen molar-refractivity contribution in [1.82, 2.24) is 5.32 Å². The molecule has 0 rings (SSSR count). The number of hydrogen-bond donors (Lipinski definition) is 4. The van der Waals surface area contributed by atoms with Gasteiger partial charge >= 0.3 is 7.82 Å². The number of unbranched alkanes of at least 4 members (excludes halogenated alkanes) is 27. The summed E-state index contributed by atoms with van der Waals surface area (Å²) in [5.41, 5.74) is 5.35. The first-order chi connectivity index (χ1) is 23.9. The Balaban J connectivity index is 3.99. The minimum absolute atomic E-state index is 0.0808. The highest BCUT2D eigenvalue weighted by Gasteiger charge is 2.26. The summed E-state index contributed by atoms with van der Waals surface area (Å²) in [5.74, 6) is -0.194. The summed E-state index contributed by atoms with van der Waals surface area (Å²) in [6.45, 7) is 4.10. The number of phosphoric acid groups is 1. The highest BCUT2D eigenvalue weighted by molar-refractivity contribution is 7.47. The molecule has 0 saturated heterocycles. The number of carbonyl (C=O) groups is 1. The minimum Gasteiger partial charge on any atom is -0.387 e. The van der Waals surface area contributed by atoms with Crippen LogP contribution in [0.3, 0.4) is 0 Å². The van der Waals surface area contributed by atoms with Crippen LogP contribution in [-0.4, -0.2) is 47.8 Å². The van der Waals surface area contributed by atoms with Crippen LogP contribution in [-0.2, 0) is 18.4 Å². The largest absolute Gasteiger partial charge is 0.472 e. The fraction of sp³-hybridized carbons (Fsp3) is 0.925. The number of carbonyl (C=O) groups excluding carboxylic acids is 1. The molecule has 0 spiro atoms. The Kier molecular flexibility index (Phi) is 36.4. The smallest absolute Gasteiger partial charge is 0.387 e. The summed E-state index contributed by atoms with van der Waals surface area (Å²) in [7, 11) is -4.32. The van der Waals surface area contributed by atoms with Crippen LogP contribution in [0.2, 0.25) is 0 Å². The standard InChI is InChI=1S/C40H81N2O6P/c1-3-5-7-9-11-13-14-15-16-17-18-19-20-21-22-23-24-25-26-28-30-32-34-40(44)42-38(37-48-49(45,46)47-36-35-41)39(43)33-31-29-27-12-10-8-6-4-2/h31,33,38-39,43H,3-30,32,34-37,41H2,1-2H3,(H,42,44)(H,45,46)/b33-31+. The molecule has 0 aliphatic rings. The van der Waals surface area contributed by atoms with Crippen LogP contribution in [0.15, 0.2) is 12.2 Å². The minimum atomic E-state index is -4.32. The molecule has 0 radical (unpaired) electrons. The normalized spacial score (nSPS) is 14.3. The third kappa shape index (κ3) is 35.4. The lowest BCUT2D eigenvalue weighted by molar-refractivity contribution is -0.123. The summed E-state index contributed by atoms with van der Waals surface area (Å²) in [4.78, 5) is 22.6. The van der Waals surface area contributed by atoms with E-state index >= 15 is 0 Å². The molecule has 8 nitrogen and oxygen atoms in total. The van der Waals surface area contributed by atoms with E-state index < -0.39 is 20.0 Å². The number of aliphatic hydroxyl groups excluding tert-OH is 1. The predicted octanol–water partition coefficient (Wildman–Crippen LogP) is 11.2. The Morgan fingerprint density at radius 2 is 1.04 bits per heavy atom. The van der Waals surface area contributed by atoms with E-state index in [1.54, 1.807) is 6.08 Å². The van der Waals surface area contributed by atoms with Crippen LogP contribution in [0.1, 0.15) is 206 Å². The van der Waals surface area contributed by atoms with Crippen LogP contribution in [0.5, 0.6) is 0 Å². The molecule has 0 aromatic heterocycles. The zero-order chi connectivity index (χ0) is 36.1. The maximum absolute atomic E-state index is 12.7. The molecule has 0 aromatic carbocycles. The molecule has 3 unspecified atom stereocenters. The highest BCUT2D eigenvalue weighted by Crippen LogP contribution is 2.43. The first-order valence-corrected chi connectivity index (χ1v) is 22.3. The number of nitrogens with one attached hydrogen (secondary N) is 1. The van der Waals surface area contributed by atoms with Crippen LogP contribution >= 0.6 is 7.82 Å². The average molecular weight is 717 g/mol. The van der Waals surface area contributed by atoms with E-state index in [1.807, 2.05) is 6.08 Å². The Morgan fingerprint density at radius 3 is 1.45 bits per heavy atom. The van der Waals surface area contributed by atoms with E-state index in [-0.39, 0.29) is 25.7 Å². The average Bonchev–Trinajstić information content (AvgIpc) is 3.09. The van der Waals surface area contributed by atoms with Gasteiger partial charge in [-0.05, 0) is 19.3 Å². The zero-order valence-electron chi connectivity index (χ0n) is 32.2. The first kappa shape index (κ1) is 48.2. The van der Waals surface area contributed by atoms with Crippen molar-refractivity contribution in [2.24, 2.45) is 5.73 Å². The lowest BCUT2D eigenvalue weighted by Gasteiger charge is -2.23. The Bertz CT molecular complexity index is 784. The van der Waals surface area contributed by atoms with Gasteiger partial charge in [0.2, 0.25) is 5.91 Å². The molecule has 0 aliphatic heterocycles. The Hall–Kier alpha value is -0.760. The molecule has 49 heavy (non-hydrogen) atoms. The second kappa shape index (κ2) is 37.0. The molecule has 0 aliphatic carbocycles. The molecule has 0 saturated carbocycles. The summed E-state index contributed by atoms with van der Waals surface area (Å²) in [6, 6.07) is -0.852. The van der Waals surface area contributed by atoms with E-state index in [0.717, 1.165) is 38.5 Å². The molecule has 0 bridgehead atoms. The van der Waals surface area contributed by atoms with Gasteiger partial charge in [0.05, 0.1) is 25.4 Å². The van der Waals surface area contributed by atoms with Crippen molar-refractivity contribution in [1.29, 1.82) is 0 Å². The summed E-state index contributed by atoms with van der Waals surface area (Å²) >= 11 is 0. The van der Waals surface area contributed by atoms with Gasteiger partial charge in [0.25, 0.3) is 0 Å². The Labute approximate surface area is 303 Å². The van der Waals surface area contributed by atoms with Gasteiger partial charge < -0.3 is 21.1 Å². The SMILES string of the molecule is CCCCCCCC/C=C/C(O)C(COP(=O)(O)OCCN)NC(=O)CCCCCCCCCCCCCCCCCCCCCCCC. The lowest BCUT2D eigenvalue weighted by Crippen LogP contribution is -2.45. The predicted molar refractivity (Wildman–Crippen MR) is 208 cm³/mol. The quantitative estimate of drug-likeness (QED) is 0.0283. The van der Waals surface area contributed by atoms with Crippen molar-refractivity contribution < 1.29 is 28.4 Å². The number of phosphoric ester groups is 1. The van der Waals surface area contributed by atoms with E-state index in [9.17, 15) is 19.4 Å². The number of rotatable bonds is 39. The molecular formula is C40H81N2O6P. The topological polar surface area (TPSA) is 131 Å². The molecule has 292 valence electrons. The van der Waals surface area contributed by atoms with Gasteiger partial charge in [-0.1, -0.05) is 193 Å². The molecule has 0 heterocycles. The molecule has 5 N–H and O–H groups in total. The maximum Gasteiger partial charge on any atom is 0.472 e. The zero-order valence-corrected chi connectivity index (χ0v) is 33.1. The van der Waals surface area contributed by atoms with Gasteiger partial charge in [-0.25, -0.2) is 4.57 Å². The third-order valence-electron chi connectivity index (χ3n) is 9.36. The fourth-order valence-electron chi connectivity index (χ4n) is 6.19. The summed E-state index contributed by atoms with van der Waals surface area (Å²) < 4.78 is 22.0. The number of amides is 1. The van der Waals surface area contributed by atoms with Crippen LogP contribution in [0, 0.1) is 0 Å². The second-order valence-corrected chi connectivity index (χ2v) is 15.7. The molecule has 3 atom stereocenters. The molecular weight excluding hydrogens is 635 g/mol. The molecule has 0 fully saturated rings. The van der Waals surface area contributed by atoms with Crippen molar-refractivity contribution in [2.75, 3.05) is 19.8 Å². The molecule has 1 amide bonds. The number of hydrogen-bond acceptors (Lipinski definition) is 6. The van der Waals surface area contributed by atoms with E-state index in [4.69, 9.17) is 14.8 Å². The van der Waals surface area contributed by atoms with E-state index in [1.165, 1.54) is 148 Å². The number of allylic oxidation sites excluding steroid dienone is 1. The van der Waals surface area contributed by atoms with E-state index in [0.29, 0.717) is 6.42 Å². The van der Waals surface area contributed by atoms with Crippen molar-refractivity contribution in [3.63, 3.8) is 0 Å². The van der Waals surface area contributed by atoms with Gasteiger partial charge in [-0.3, -0.25) is 13.8 Å². The maximum atomic E-state index is 12.7. The van der Waals surface area contributed by atoms with Crippen LogP contribution in [0.25, 0.3) is 0 Å². The Morgan fingerprint density at radius 1 is 0.653 bits per heavy atom. The number of nitrogens with two attached hydrogens (primary N) is 1. The molecule has 0 aromatic rings. The van der Waals surface area contributed by atoms with Crippen molar-refractivity contribution >= 4 is 13.7 Å². The number of aliphatic hydroxyl groups is 1. The van der Waals surface area contributed by atoms with Gasteiger partial charge in [0.15, 0.2) is 0 Å².